The van der Waals surface area contributed by atoms with E-state index in [1.807, 2.05) is 24.3 Å². The van der Waals surface area contributed by atoms with E-state index in [4.69, 9.17) is 0 Å². The van der Waals surface area contributed by atoms with E-state index in [-0.39, 0.29) is 16.8 Å². The summed E-state index contributed by atoms with van der Waals surface area (Å²) in [4.78, 5) is 16.2. The van der Waals surface area contributed by atoms with Gasteiger partial charge in [0.05, 0.1) is 10.6 Å². The number of thioether (sulfide) groups is 1. The molecule has 1 aliphatic heterocycles. The average Bonchev–Trinajstić information content (AvgIpc) is 3.11. The predicted molar refractivity (Wildman–Crippen MR) is 112 cm³/mol. The number of amides is 1. The molecule has 4 rings (SSSR count). The van der Waals surface area contributed by atoms with Crippen LogP contribution in [0.4, 0.5) is 5.69 Å². The summed E-state index contributed by atoms with van der Waals surface area (Å²) in [6, 6.07) is 14.3. The lowest BCUT2D eigenvalue weighted by molar-refractivity contribution is 0.0986. The summed E-state index contributed by atoms with van der Waals surface area (Å²) in [6.07, 6.45) is 4.75. The van der Waals surface area contributed by atoms with Crippen LogP contribution in [0.5, 0.6) is 0 Å². The molecule has 148 valence electrons. The van der Waals surface area contributed by atoms with Crippen molar-refractivity contribution in [3.8, 4) is 0 Å². The molecule has 1 aliphatic carbocycles. The molecule has 1 N–H and O–H groups in total. The number of nitrogens with zero attached hydrogens (tertiary/aromatic N) is 1. The number of carbonyl (C=O) groups is 1. The SMILES string of the molecule is O=C(c1cccc(S(=O)(=O)NC2CCCC2)c1)N1CCCSc2ccccc21. The van der Waals surface area contributed by atoms with Crippen molar-refractivity contribution in [1.29, 1.82) is 0 Å². The van der Waals surface area contributed by atoms with Crippen molar-refractivity contribution < 1.29 is 13.2 Å². The van der Waals surface area contributed by atoms with Crippen molar-refractivity contribution in [3.05, 3.63) is 54.1 Å². The molecule has 0 atom stereocenters. The van der Waals surface area contributed by atoms with E-state index >= 15 is 0 Å². The smallest absolute Gasteiger partial charge is 0.258 e. The summed E-state index contributed by atoms with van der Waals surface area (Å²) in [5.41, 5.74) is 1.29. The van der Waals surface area contributed by atoms with Crippen LogP contribution in [0.15, 0.2) is 58.3 Å². The predicted octanol–water partition coefficient (Wildman–Crippen LogP) is 4.05. The first kappa shape index (κ1) is 19.5. The van der Waals surface area contributed by atoms with Gasteiger partial charge in [0.1, 0.15) is 0 Å². The fourth-order valence-electron chi connectivity index (χ4n) is 3.82. The highest BCUT2D eigenvalue weighted by Crippen LogP contribution is 2.34. The molecular formula is C21H24N2O3S2. The van der Waals surface area contributed by atoms with Gasteiger partial charge in [0.25, 0.3) is 5.91 Å². The van der Waals surface area contributed by atoms with Crippen LogP contribution in [-0.4, -0.2) is 32.7 Å². The maximum atomic E-state index is 13.2. The maximum absolute atomic E-state index is 13.2. The van der Waals surface area contributed by atoms with Crippen LogP contribution >= 0.6 is 11.8 Å². The van der Waals surface area contributed by atoms with Crippen molar-refractivity contribution in [3.63, 3.8) is 0 Å². The van der Waals surface area contributed by atoms with Gasteiger partial charge < -0.3 is 4.90 Å². The Bertz CT molecular complexity index is 969. The lowest BCUT2D eigenvalue weighted by Crippen LogP contribution is -2.34. The summed E-state index contributed by atoms with van der Waals surface area (Å²) in [5.74, 6) is 0.799. The Labute approximate surface area is 170 Å². The monoisotopic (exact) mass is 416 g/mol. The van der Waals surface area contributed by atoms with Gasteiger partial charge in [-0.25, -0.2) is 13.1 Å². The number of anilines is 1. The normalized spacial score (nSPS) is 17.9. The third-order valence-corrected chi connectivity index (χ3v) is 7.92. The first-order valence-electron chi connectivity index (χ1n) is 9.71. The summed E-state index contributed by atoms with van der Waals surface area (Å²) in [7, 11) is -3.62. The van der Waals surface area contributed by atoms with Gasteiger partial charge in [-0.3, -0.25) is 4.79 Å². The van der Waals surface area contributed by atoms with Gasteiger partial charge in [0.2, 0.25) is 10.0 Å². The Morgan fingerprint density at radius 1 is 1.04 bits per heavy atom. The Balaban J connectivity index is 1.61. The van der Waals surface area contributed by atoms with E-state index < -0.39 is 10.0 Å². The van der Waals surface area contributed by atoms with E-state index in [2.05, 4.69) is 4.72 Å². The third kappa shape index (κ3) is 4.11. The minimum absolute atomic E-state index is 0.00105. The molecule has 5 nitrogen and oxygen atoms in total. The fraction of sp³-hybridized carbons (Fsp3) is 0.381. The van der Waals surface area contributed by atoms with Crippen LogP contribution in [0.3, 0.4) is 0 Å². The van der Waals surface area contributed by atoms with E-state index in [9.17, 15) is 13.2 Å². The highest BCUT2D eigenvalue weighted by atomic mass is 32.2. The Kier molecular flexibility index (Phi) is 5.75. The molecule has 0 aromatic heterocycles. The van der Waals surface area contributed by atoms with Crippen molar-refractivity contribution in [2.45, 2.75) is 47.9 Å². The van der Waals surface area contributed by atoms with Gasteiger partial charge in [-0.05, 0) is 55.3 Å². The molecular weight excluding hydrogens is 392 g/mol. The lowest BCUT2D eigenvalue weighted by atomic mass is 10.1. The highest BCUT2D eigenvalue weighted by molar-refractivity contribution is 7.99. The van der Waals surface area contributed by atoms with Gasteiger partial charge >= 0.3 is 0 Å². The molecule has 0 spiro atoms. The maximum Gasteiger partial charge on any atom is 0.258 e. The third-order valence-electron chi connectivity index (χ3n) is 5.25. The number of rotatable bonds is 4. The standard InChI is InChI=1S/C21H24N2O3S2/c24-21(23-13-6-14-27-20-12-4-3-11-19(20)23)16-7-5-10-18(15-16)28(25,26)22-17-8-1-2-9-17/h3-5,7,10-12,15,17,22H,1-2,6,8-9,13-14H2. The molecule has 0 radical (unpaired) electrons. The first-order valence-corrected chi connectivity index (χ1v) is 12.2. The van der Waals surface area contributed by atoms with Gasteiger partial charge in [0.15, 0.2) is 0 Å². The number of sulfonamides is 1. The van der Waals surface area contributed by atoms with Crippen LogP contribution < -0.4 is 9.62 Å². The number of fused-ring (bicyclic) bond motifs is 1. The Hall–Kier alpha value is -1.83. The molecule has 2 aromatic carbocycles. The van der Waals surface area contributed by atoms with Crippen LogP contribution in [-0.2, 0) is 10.0 Å². The molecule has 28 heavy (non-hydrogen) atoms. The van der Waals surface area contributed by atoms with E-state index in [0.29, 0.717) is 12.1 Å². The number of hydrogen-bond acceptors (Lipinski definition) is 4. The van der Waals surface area contributed by atoms with Crippen LogP contribution in [0.2, 0.25) is 0 Å². The molecule has 0 saturated heterocycles. The molecule has 2 aliphatic rings. The average molecular weight is 417 g/mol. The largest absolute Gasteiger partial charge is 0.307 e. The van der Waals surface area contributed by atoms with E-state index in [1.165, 1.54) is 6.07 Å². The summed E-state index contributed by atoms with van der Waals surface area (Å²) >= 11 is 1.75. The minimum Gasteiger partial charge on any atom is -0.307 e. The van der Waals surface area contributed by atoms with Crippen LogP contribution in [0.25, 0.3) is 0 Å². The molecule has 1 amide bonds. The zero-order valence-electron chi connectivity index (χ0n) is 15.6. The van der Waals surface area contributed by atoms with Gasteiger partial charge in [-0.2, -0.15) is 0 Å². The van der Waals surface area contributed by atoms with Crippen molar-refractivity contribution in [2.75, 3.05) is 17.2 Å². The number of nitrogens with one attached hydrogen (secondary N) is 1. The molecule has 2 aromatic rings. The molecule has 1 saturated carbocycles. The molecule has 0 unspecified atom stereocenters. The first-order chi connectivity index (χ1) is 13.5. The summed E-state index contributed by atoms with van der Waals surface area (Å²) < 4.78 is 28.3. The van der Waals surface area contributed by atoms with Gasteiger partial charge in [0, 0.05) is 23.0 Å². The number of hydrogen-bond donors (Lipinski definition) is 1. The van der Waals surface area contributed by atoms with Crippen molar-refractivity contribution >= 4 is 33.4 Å². The molecule has 1 heterocycles. The zero-order valence-corrected chi connectivity index (χ0v) is 17.3. The zero-order chi connectivity index (χ0) is 19.6. The summed E-state index contributed by atoms with van der Waals surface area (Å²) in [6.45, 7) is 0.625. The number of carbonyl (C=O) groups excluding carboxylic acids is 1. The Morgan fingerprint density at radius 2 is 1.82 bits per heavy atom. The van der Waals surface area contributed by atoms with E-state index in [0.717, 1.165) is 48.4 Å². The van der Waals surface area contributed by atoms with Crippen LogP contribution in [0, 0.1) is 0 Å². The van der Waals surface area contributed by atoms with Gasteiger partial charge in [-0.15, -0.1) is 11.8 Å². The molecule has 1 fully saturated rings. The lowest BCUT2D eigenvalue weighted by Gasteiger charge is -2.23. The van der Waals surface area contributed by atoms with Crippen molar-refractivity contribution in [2.24, 2.45) is 0 Å². The van der Waals surface area contributed by atoms with Crippen LogP contribution in [0.1, 0.15) is 42.5 Å². The second kappa shape index (κ2) is 8.27. The Morgan fingerprint density at radius 3 is 2.64 bits per heavy atom. The topological polar surface area (TPSA) is 66.5 Å². The quantitative estimate of drug-likeness (QED) is 0.817. The molecule has 7 heteroatoms. The second-order valence-electron chi connectivity index (χ2n) is 7.26. The number of para-hydroxylation sites is 1. The highest BCUT2D eigenvalue weighted by Gasteiger charge is 2.26. The number of benzene rings is 2. The van der Waals surface area contributed by atoms with E-state index in [1.54, 1.807) is 34.9 Å². The van der Waals surface area contributed by atoms with Crippen molar-refractivity contribution in [1.82, 2.24) is 4.72 Å². The fourth-order valence-corrected chi connectivity index (χ4v) is 6.17. The summed E-state index contributed by atoms with van der Waals surface area (Å²) in [5, 5.41) is 0. The second-order valence-corrected chi connectivity index (χ2v) is 10.1. The van der Waals surface area contributed by atoms with Gasteiger partial charge in [-0.1, -0.05) is 31.0 Å². The molecule has 0 bridgehead atoms. The minimum atomic E-state index is -3.62.